The van der Waals surface area contributed by atoms with Crippen molar-refractivity contribution in [2.45, 2.75) is 39.8 Å². The van der Waals surface area contributed by atoms with Crippen molar-refractivity contribution in [2.75, 3.05) is 23.7 Å². The van der Waals surface area contributed by atoms with Crippen molar-refractivity contribution in [1.29, 1.82) is 0 Å². The fourth-order valence-corrected chi connectivity index (χ4v) is 5.07. The third-order valence-corrected chi connectivity index (χ3v) is 7.97. The lowest BCUT2D eigenvalue weighted by atomic mass is 10.1. The fraction of sp³-hybridized carbons (Fsp3) is 0.391. The quantitative estimate of drug-likeness (QED) is 0.430. The van der Waals surface area contributed by atoms with Crippen LogP contribution in [0.15, 0.2) is 40.9 Å². The molecule has 7 nitrogen and oxygen atoms in total. The molecule has 0 aromatic heterocycles. The molecule has 11 heteroatoms. The van der Waals surface area contributed by atoms with Gasteiger partial charge in [-0.25, -0.2) is 8.42 Å². The van der Waals surface area contributed by atoms with Gasteiger partial charge in [0.25, 0.3) is 0 Å². The Hall–Kier alpha value is -1.81. The minimum Gasteiger partial charge on any atom is -0.355 e. The van der Waals surface area contributed by atoms with Gasteiger partial charge < -0.3 is 10.2 Å². The van der Waals surface area contributed by atoms with Crippen LogP contribution in [-0.4, -0.2) is 50.5 Å². The first-order valence-corrected chi connectivity index (χ1v) is 14.0. The molecule has 2 aromatic carbocycles. The smallest absolute Gasteiger partial charge is 0.244 e. The summed E-state index contributed by atoms with van der Waals surface area (Å²) in [6, 6.07) is 9.14. The minimum atomic E-state index is -3.81. The van der Waals surface area contributed by atoms with E-state index >= 15 is 0 Å². The monoisotopic (exact) mass is 591 g/mol. The highest BCUT2D eigenvalue weighted by Gasteiger charge is 2.32. The molecule has 2 amide bonds. The lowest BCUT2D eigenvalue weighted by Crippen LogP contribution is -2.52. The van der Waals surface area contributed by atoms with Gasteiger partial charge in [-0.3, -0.25) is 13.9 Å². The number of aryl methyl sites for hydroxylation is 1. The first kappa shape index (κ1) is 28.4. The van der Waals surface area contributed by atoms with Crippen LogP contribution < -0.4 is 9.62 Å². The summed E-state index contributed by atoms with van der Waals surface area (Å²) in [5.41, 5.74) is 1.64. The number of amides is 2. The van der Waals surface area contributed by atoms with Crippen LogP contribution in [0.4, 0.5) is 5.69 Å². The van der Waals surface area contributed by atoms with Crippen molar-refractivity contribution < 1.29 is 18.0 Å². The van der Waals surface area contributed by atoms with E-state index in [-0.39, 0.29) is 12.5 Å². The maximum Gasteiger partial charge on any atom is 0.244 e. The number of carbonyl (C=O) groups is 2. The van der Waals surface area contributed by atoms with Gasteiger partial charge in [0.1, 0.15) is 12.6 Å². The lowest BCUT2D eigenvalue weighted by molar-refractivity contribution is -0.140. The summed E-state index contributed by atoms with van der Waals surface area (Å²) in [4.78, 5) is 27.7. The minimum absolute atomic E-state index is 0.0516. The first-order chi connectivity index (χ1) is 15.9. The Labute approximate surface area is 219 Å². The zero-order valence-corrected chi connectivity index (χ0v) is 23.4. The van der Waals surface area contributed by atoms with Gasteiger partial charge in [0, 0.05) is 33.2 Å². The zero-order chi connectivity index (χ0) is 25.6. The topological polar surface area (TPSA) is 86.8 Å². The van der Waals surface area contributed by atoms with Crippen LogP contribution in [0, 0.1) is 6.92 Å². The van der Waals surface area contributed by atoms with Crippen LogP contribution >= 0.6 is 39.1 Å². The van der Waals surface area contributed by atoms with E-state index in [4.69, 9.17) is 23.2 Å². The number of hydrogen-bond acceptors (Lipinski definition) is 4. The first-order valence-electron chi connectivity index (χ1n) is 10.6. The van der Waals surface area contributed by atoms with Gasteiger partial charge in [-0.05, 0) is 56.2 Å². The van der Waals surface area contributed by atoms with E-state index in [0.29, 0.717) is 34.3 Å². The highest BCUT2D eigenvalue weighted by molar-refractivity contribution is 9.10. The van der Waals surface area contributed by atoms with E-state index in [2.05, 4.69) is 21.2 Å². The molecule has 1 atom stereocenters. The summed E-state index contributed by atoms with van der Waals surface area (Å²) >= 11 is 16.1. The lowest BCUT2D eigenvalue weighted by Gasteiger charge is -2.33. The molecule has 186 valence electrons. The molecule has 0 bridgehead atoms. The molecule has 0 heterocycles. The van der Waals surface area contributed by atoms with Gasteiger partial charge in [0.05, 0.1) is 11.9 Å². The number of hydrogen-bond donors (Lipinski definition) is 1. The number of sulfonamides is 1. The number of likely N-dealkylation sites (N-methyl/N-ethyl adjacent to an activating group) is 1. The fourth-order valence-electron chi connectivity index (χ4n) is 3.46. The zero-order valence-electron chi connectivity index (χ0n) is 19.4. The maximum absolute atomic E-state index is 13.6. The van der Waals surface area contributed by atoms with Crippen LogP contribution in [0.5, 0.6) is 0 Å². The molecule has 0 saturated heterocycles. The Morgan fingerprint density at radius 3 is 2.24 bits per heavy atom. The summed E-state index contributed by atoms with van der Waals surface area (Å²) in [5, 5.41) is 3.43. The van der Waals surface area contributed by atoms with E-state index in [1.807, 2.05) is 6.92 Å². The van der Waals surface area contributed by atoms with Crippen LogP contribution in [0.2, 0.25) is 10.0 Å². The Morgan fingerprint density at radius 2 is 1.74 bits per heavy atom. The van der Waals surface area contributed by atoms with E-state index in [1.165, 1.54) is 4.90 Å². The molecule has 0 saturated carbocycles. The summed E-state index contributed by atoms with van der Waals surface area (Å²) < 4.78 is 27.1. The Bertz CT molecular complexity index is 1140. The van der Waals surface area contributed by atoms with Crippen molar-refractivity contribution >= 4 is 66.7 Å². The number of halogens is 3. The molecule has 0 aliphatic carbocycles. The third-order valence-electron chi connectivity index (χ3n) is 5.24. The van der Waals surface area contributed by atoms with E-state index in [1.54, 1.807) is 50.2 Å². The molecule has 2 aromatic rings. The SMILES string of the molecule is CCNC(=O)C(CC)N(Cc1c(Cl)cccc1Cl)C(=O)CN(c1ccc(Br)c(C)c1)S(C)(=O)=O. The second-order valence-corrected chi connectivity index (χ2v) is 11.3. The summed E-state index contributed by atoms with van der Waals surface area (Å²) in [7, 11) is -3.81. The number of benzene rings is 2. The van der Waals surface area contributed by atoms with Crippen LogP contribution in [0.1, 0.15) is 31.4 Å². The number of anilines is 1. The number of nitrogens with zero attached hydrogens (tertiary/aromatic N) is 2. The molecule has 0 aliphatic rings. The predicted octanol–water partition coefficient (Wildman–Crippen LogP) is 4.77. The van der Waals surface area contributed by atoms with E-state index in [0.717, 1.165) is 20.6 Å². The van der Waals surface area contributed by atoms with Crippen LogP contribution in [-0.2, 0) is 26.2 Å². The van der Waals surface area contributed by atoms with Crippen molar-refractivity contribution in [1.82, 2.24) is 10.2 Å². The summed E-state index contributed by atoms with van der Waals surface area (Å²) in [6.45, 7) is 5.23. The summed E-state index contributed by atoms with van der Waals surface area (Å²) in [5.74, 6) is -0.896. The molecule has 1 unspecified atom stereocenters. The van der Waals surface area contributed by atoms with Crippen molar-refractivity contribution in [3.63, 3.8) is 0 Å². The molecule has 0 spiro atoms. The normalized spacial score (nSPS) is 12.2. The van der Waals surface area contributed by atoms with Crippen LogP contribution in [0.3, 0.4) is 0 Å². The number of carbonyl (C=O) groups excluding carboxylic acids is 2. The predicted molar refractivity (Wildman–Crippen MR) is 141 cm³/mol. The molecule has 34 heavy (non-hydrogen) atoms. The van der Waals surface area contributed by atoms with Gasteiger partial charge >= 0.3 is 0 Å². The Balaban J connectivity index is 2.51. The standard InChI is InChI=1S/C23H28BrCl2N3O4S/c1-5-21(23(31)27-6-2)28(13-17-19(25)8-7-9-20(17)26)22(30)14-29(34(4,32)33)16-10-11-18(24)15(3)12-16/h7-12,21H,5-6,13-14H2,1-4H3,(H,27,31). The molecular formula is C23H28BrCl2N3O4S. The maximum atomic E-state index is 13.6. The molecule has 0 radical (unpaired) electrons. The van der Waals surface area contributed by atoms with E-state index in [9.17, 15) is 18.0 Å². The average Bonchev–Trinajstić information content (AvgIpc) is 2.75. The summed E-state index contributed by atoms with van der Waals surface area (Å²) in [6.07, 6.45) is 1.35. The van der Waals surface area contributed by atoms with Crippen molar-refractivity contribution in [2.24, 2.45) is 0 Å². The van der Waals surface area contributed by atoms with Gasteiger partial charge in [0.2, 0.25) is 21.8 Å². The largest absolute Gasteiger partial charge is 0.355 e. The number of rotatable bonds is 10. The van der Waals surface area contributed by atoms with Gasteiger partial charge in [0.15, 0.2) is 0 Å². The highest BCUT2D eigenvalue weighted by atomic mass is 79.9. The van der Waals surface area contributed by atoms with Gasteiger partial charge in [-0.1, -0.05) is 52.1 Å². The second kappa shape index (κ2) is 12.2. The van der Waals surface area contributed by atoms with Gasteiger partial charge in [-0.15, -0.1) is 0 Å². The van der Waals surface area contributed by atoms with E-state index < -0.39 is 28.5 Å². The molecule has 0 aliphatic heterocycles. The van der Waals surface area contributed by atoms with Gasteiger partial charge in [-0.2, -0.15) is 0 Å². The van der Waals surface area contributed by atoms with Crippen molar-refractivity contribution in [3.05, 3.63) is 62.0 Å². The second-order valence-electron chi connectivity index (χ2n) is 7.74. The highest BCUT2D eigenvalue weighted by Crippen LogP contribution is 2.28. The molecule has 1 N–H and O–H groups in total. The van der Waals surface area contributed by atoms with Crippen LogP contribution in [0.25, 0.3) is 0 Å². The third kappa shape index (κ3) is 7.10. The Morgan fingerprint density at radius 1 is 1.12 bits per heavy atom. The number of nitrogens with one attached hydrogen (secondary N) is 1. The molecule has 2 rings (SSSR count). The Kier molecular flexibility index (Phi) is 10.2. The molecular weight excluding hydrogens is 565 g/mol. The van der Waals surface area contributed by atoms with Crippen molar-refractivity contribution in [3.8, 4) is 0 Å². The average molecular weight is 593 g/mol. The molecule has 0 fully saturated rings.